The molecular weight excluding hydrogens is 262 g/mol. The van der Waals surface area contributed by atoms with Gasteiger partial charge in [0.05, 0.1) is 5.69 Å². The lowest BCUT2D eigenvalue weighted by atomic mass is 9.88. The first kappa shape index (κ1) is 14.2. The number of piperidine rings is 1. The Morgan fingerprint density at radius 1 is 1.60 bits per heavy atom. The fourth-order valence-electron chi connectivity index (χ4n) is 2.61. The molecule has 1 aliphatic heterocycles. The molecule has 0 radical (unpaired) electrons. The Balaban J connectivity index is 2.21. The molecule has 1 N–H and O–H groups in total. The number of hydrogen-bond donors (Lipinski definition) is 1. The lowest BCUT2D eigenvalue weighted by molar-refractivity contribution is -0.389. The van der Waals surface area contributed by atoms with Gasteiger partial charge in [-0.1, -0.05) is 13.3 Å². The maximum absolute atomic E-state index is 11.4. The van der Waals surface area contributed by atoms with Crippen LogP contribution in [-0.4, -0.2) is 33.6 Å². The number of aromatic nitrogens is 1. The number of carboxylic acid groups (broad SMARTS) is 1. The van der Waals surface area contributed by atoms with Gasteiger partial charge in [0.15, 0.2) is 6.20 Å². The topological polar surface area (TPSA) is 96.6 Å². The van der Waals surface area contributed by atoms with Gasteiger partial charge in [0, 0.05) is 12.6 Å². The number of pyridine rings is 1. The molecule has 2 atom stereocenters. The summed E-state index contributed by atoms with van der Waals surface area (Å²) in [7, 11) is 0. The van der Waals surface area contributed by atoms with E-state index in [0.717, 1.165) is 12.8 Å². The van der Waals surface area contributed by atoms with E-state index in [0.29, 0.717) is 24.6 Å². The Bertz CT molecular complexity index is 503. The first-order chi connectivity index (χ1) is 9.52. The van der Waals surface area contributed by atoms with E-state index in [1.807, 2.05) is 0 Å². The molecule has 2 heterocycles. The van der Waals surface area contributed by atoms with Crippen LogP contribution in [0.3, 0.4) is 0 Å². The third kappa shape index (κ3) is 2.87. The molecule has 1 aliphatic rings. The van der Waals surface area contributed by atoms with Crippen molar-refractivity contribution >= 4 is 17.5 Å². The van der Waals surface area contributed by atoms with Gasteiger partial charge in [0.25, 0.3) is 0 Å². The van der Waals surface area contributed by atoms with E-state index < -0.39 is 16.9 Å². The minimum Gasteiger partial charge on any atom is -0.480 e. The molecule has 1 aromatic rings. The van der Waals surface area contributed by atoms with Crippen LogP contribution in [0.15, 0.2) is 18.3 Å². The highest BCUT2D eigenvalue weighted by atomic mass is 16.6. The lowest BCUT2D eigenvalue weighted by Crippen LogP contribution is -2.47. The first-order valence-corrected chi connectivity index (χ1v) is 6.62. The minimum atomic E-state index is -0.860. The third-order valence-electron chi connectivity index (χ3n) is 3.82. The molecule has 108 valence electrons. The standard InChI is InChI=1S/C13H17N3O4/c1-2-9-5-6-15(11(7-9)13(17)18)10-3-4-12(14-8-10)16(19)20/h3-4,8-9,11H,2,5-7H2,1H3,(H,17,18). The summed E-state index contributed by atoms with van der Waals surface area (Å²) in [4.78, 5) is 26.9. The Morgan fingerprint density at radius 2 is 2.35 bits per heavy atom. The lowest BCUT2D eigenvalue weighted by Gasteiger charge is -2.37. The Hall–Kier alpha value is -2.18. The van der Waals surface area contributed by atoms with Crippen LogP contribution in [0, 0.1) is 16.0 Å². The fraction of sp³-hybridized carbons (Fsp3) is 0.538. The number of carbonyl (C=O) groups is 1. The number of nitrogens with zero attached hydrogens (tertiary/aromatic N) is 3. The predicted molar refractivity (Wildman–Crippen MR) is 72.7 cm³/mol. The van der Waals surface area contributed by atoms with Crippen LogP contribution < -0.4 is 4.90 Å². The van der Waals surface area contributed by atoms with E-state index in [1.54, 1.807) is 11.0 Å². The van der Waals surface area contributed by atoms with Gasteiger partial charge in [-0.2, -0.15) is 0 Å². The zero-order valence-electron chi connectivity index (χ0n) is 11.2. The van der Waals surface area contributed by atoms with E-state index in [-0.39, 0.29) is 5.82 Å². The number of rotatable bonds is 4. The van der Waals surface area contributed by atoms with Gasteiger partial charge in [-0.15, -0.1) is 0 Å². The van der Waals surface area contributed by atoms with E-state index in [4.69, 9.17) is 0 Å². The maximum Gasteiger partial charge on any atom is 0.363 e. The fourth-order valence-corrected chi connectivity index (χ4v) is 2.61. The molecular formula is C13H17N3O4. The summed E-state index contributed by atoms with van der Waals surface area (Å²) >= 11 is 0. The van der Waals surface area contributed by atoms with Crippen LogP contribution >= 0.6 is 0 Å². The van der Waals surface area contributed by atoms with Gasteiger partial charge in [-0.3, -0.25) is 0 Å². The molecule has 0 saturated carbocycles. The summed E-state index contributed by atoms with van der Waals surface area (Å²) in [6.45, 7) is 2.70. The van der Waals surface area contributed by atoms with Crippen LogP contribution in [0.4, 0.5) is 11.5 Å². The number of aliphatic carboxylic acids is 1. The minimum absolute atomic E-state index is 0.232. The van der Waals surface area contributed by atoms with Crippen LogP contribution in [-0.2, 0) is 4.79 Å². The molecule has 1 fully saturated rings. The second-order valence-corrected chi connectivity index (χ2v) is 4.98. The SMILES string of the molecule is CCC1CCN(c2ccc([N+](=O)[O-])nc2)C(C(=O)O)C1. The molecule has 0 aliphatic carbocycles. The Morgan fingerprint density at radius 3 is 2.85 bits per heavy atom. The quantitative estimate of drug-likeness (QED) is 0.669. The van der Waals surface area contributed by atoms with Gasteiger partial charge in [-0.25, -0.2) is 4.79 Å². The van der Waals surface area contributed by atoms with Crippen LogP contribution in [0.5, 0.6) is 0 Å². The first-order valence-electron chi connectivity index (χ1n) is 6.62. The van der Waals surface area contributed by atoms with E-state index in [1.165, 1.54) is 12.3 Å². The van der Waals surface area contributed by atoms with Crippen molar-refractivity contribution in [2.45, 2.75) is 32.2 Å². The van der Waals surface area contributed by atoms with Crippen molar-refractivity contribution in [3.63, 3.8) is 0 Å². The molecule has 0 spiro atoms. The average molecular weight is 279 g/mol. The number of carboxylic acids is 1. The van der Waals surface area contributed by atoms with Gasteiger partial charge >= 0.3 is 11.8 Å². The average Bonchev–Trinajstić information content (AvgIpc) is 2.46. The highest BCUT2D eigenvalue weighted by Crippen LogP contribution is 2.30. The predicted octanol–water partition coefficient (Wildman–Crippen LogP) is 2.07. The van der Waals surface area contributed by atoms with Gasteiger partial charge in [0.2, 0.25) is 0 Å². The summed E-state index contributed by atoms with van der Waals surface area (Å²) in [6.07, 6.45) is 3.87. The molecule has 0 aromatic carbocycles. The van der Waals surface area contributed by atoms with Crippen molar-refractivity contribution in [3.8, 4) is 0 Å². The zero-order valence-corrected chi connectivity index (χ0v) is 11.2. The largest absolute Gasteiger partial charge is 0.480 e. The Labute approximate surface area is 116 Å². The molecule has 2 unspecified atom stereocenters. The normalized spacial score (nSPS) is 22.6. The highest BCUT2D eigenvalue weighted by molar-refractivity contribution is 5.78. The van der Waals surface area contributed by atoms with Crippen LogP contribution in [0.1, 0.15) is 26.2 Å². The van der Waals surface area contributed by atoms with Crippen molar-refractivity contribution in [1.29, 1.82) is 0 Å². The summed E-state index contributed by atoms with van der Waals surface area (Å²) in [5.74, 6) is -0.677. The Kier molecular flexibility index (Phi) is 4.16. The monoisotopic (exact) mass is 279 g/mol. The molecule has 7 heteroatoms. The van der Waals surface area contributed by atoms with E-state index in [9.17, 15) is 20.0 Å². The highest BCUT2D eigenvalue weighted by Gasteiger charge is 2.33. The van der Waals surface area contributed by atoms with Crippen molar-refractivity contribution in [3.05, 3.63) is 28.4 Å². The summed E-state index contributed by atoms with van der Waals surface area (Å²) in [5.41, 5.74) is 0.623. The molecule has 2 rings (SSSR count). The maximum atomic E-state index is 11.4. The van der Waals surface area contributed by atoms with E-state index in [2.05, 4.69) is 11.9 Å². The van der Waals surface area contributed by atoms with Gasteiger partial charge < -0.3 is 20.1 Å². The smallest absolute Gasteiger partial charge is 0.363 e. The van der Waals surface area contributed by atoms with Crippen LogP contribution in [0.2, 0.25) is 0 Å². The van der Waals surface area contributed by atoms with Crippen molar-refractivity contribution < 1.29 is 14.8 Å². The summed E-state index contributed by atoms with van der Waals surface area (Å²) in [6, 6.07) is 2.28. The number of nitro groups is 1. The summed E-state index contributed by atoms with van der Waals surface area (Å²) < 4.78 is 0. The molecule has 1 aromatic heterocycles. The second-order valence-electron chi connectivity index (χ2n) is 4.98. The van der Waals surface area contributed by atoms with Crippen LogP contribution in [0.25, 0.3) is 0 Å². The summed E-state index contributed by atoms with van der Waals surface area (Å²) in [5, 5.41) is 19.9. The molecule has 0 bridgehead atoms. The molecule has 7 nitrogen and oxygen atoms in total. The van der Waals surface area contributed by atoms with Gasteiger partial charge in [-0.05, 0) is 34.7 Å². The molecule has 0 amide bonds. The van der Waals surface area contributed by atoms with Crippen molar-refractivity contribution in [2.75, 3.05) is 11.4 Å². The van der Waals surface area contributed by atoms with Crippen molar-refractivity contribution in [2.24, 2.45) is 5.92 Å². The number of hydrogen-bond acceptors (Lipinski definition) is 5. The number of anilines is 1. The molecule has 1 saturated heterocycles. The van der Waals surface area contributed by atoms with Gasteiger partial charge in [0.1, 0.15) is 6.04 Å². The van der Waals surface area contributed by atoms with E-state index >= 15 is 0 Å². The van der Waals surface area contributed by atoms with Crippen molar-refractivity contribution in [1.82, 2.24) is 4.98 Å². The second kappa shape index (κ2) is 5.85. The zero-order chi connectivity index (χ0) is 14.7. The third-order valence-corrected chi connectivity index (χ3v) is 3.82. The molecule has 20 heavy (non-hydrogen) atoms.